The third kappa shape index (κ3) is 2.04. The fraction of sp³-hybridized carbons (Fsp3) is 0.818. The van der Waals surface area contributed by atoms with E-state index in [2.05, 4.69) is 44.9 Å². The van der Waals surface area contributed by atoms with Crippen molar-refractivity contribution >= 4 is 0 Å². The molecular weight excluding hydrogens is 188 g/mol. The van der Waals surface area contributed by atoms with E-state index in [4.69, 9.17) is 5.73 Å². The summed E-state index contributed by atoms with van der Waals surface area (Å²) in [6, 6.07) is 0. The molecule has 0 radical (unpaired) electrons. The van der Waals surface area contributed by atoms with E-state index in [1.54, 1.807) is 0 Å². The lowest BCUT2D eigenvalue weighted by Gasteiger charge is -2.40. The van der Waals surface area contributed by atoms with Crippen molar-refractivity contribution in [2.45, 2.75) is 53.1 Å². The minimum atomic E-state index is -0.0534. The molecule has 0 aliphatic carbocycles. The Balaban J connectivity index is 3.04. The molecule has 0 saturated carbocycles. The van der Waals surface area contributed by atoms with E-state index in [9.17, 15) is 0 Å². The summed E-state index contributed by atoms with van der Waals surface area (Å²) in [5, 5.41) is 8.20. The fourth-order valence-corrected chi connectivity index (χ4v) is 1.41. The van der Waals surface area contributed by atoms with Gasteiger partial charge in [-0.25, -0.2) is 4.68 Å². The summed E-state index contributed by atoms with van der Waals surface area (Å²) in [5.74, 6) is 0. The maximum Gasteiger partial charge on any atom is 0.0962 e. The van der Waals surface area contributed by atoms with Gasteiger partial charge in [0.25, 0.3) is 0 Å². The second-order valence-electron chi connectivity index (χ2n) is 5.16. The zero-order chi connectivity index (χ0) is 11.7. The molecule has 0 aromatic carbocycles. The van der Waals surface area contributed by atoms with Crippen molar-refractivity contribution < 1.29 is 0 Å². The second-order valence-corrected chi connectivity index (χ2v) is 5.16. The molecule has 0 fully saturated rings. The Morgan fingerprint density at radius 2 is 1.93 bits per heavy atom. The first-order valence-electron chi connectivity index (χ1n) is 5.47. The van der Waals surface area contributed by atoms with Gasteiger partial charge >= 0.3 is 0 Å². The molecule has 4 heteroatoms. The predicted octanol–water partition coefficient (Wildman–Crippen LogP) is 1.91. The monoisotopic (exact) mass is 210 g/mol. The molecule has 0 unspecified atom stereocenters. The van der Waals surface area contributed by atoms with Crippen LogP contribution in [0.25, 0.3) is 0 Å². The van der Waals surface area contributed by atoms with Crippen molar-refractivity contribution in [1.82, 2.24) is 15.0 Å². The highest BCUT2D eigenvalue weighted by Gasteiger charge is 2.38. The molecule has 0 saturated heterocycles. The van der Waals surface area contributed by atoms with Gasteiger partial charge in [-0.15, -0.1) is 5.10 Å². The first kappa shape index (κ1) is 12.2. The minimum absolute atomic E-state index is 0.0534. The van der Waals surface area contributed by atoms with Gasteiger partial charge in [-0.3, -0.25) is 0 Å². The summed E-state index contributed by atoms with van der Waals surface area (Å²) in [7, 11) is 0. The van der Waals surface area contributed by atoms with E-state index >= 15 is 0 Å². The summed E-state index contributed by atoms with van der Waals surface area (Å²) in [6.07, 6.45) is 3.04. The molecule has 1 aromatic rings. The minimum Gasteiger partial charge on any atom is -0.325 e. The molecule has 0 aliphatic heterocycles. The molecule has 86 valence electrons. The molecule has 1 heterocycles. The van der Waals surface area contributed by atoms with Crippen LogP contribution in [0, 0.1) is 5.41 Å². The zero-order valence-electron chi connectivity index (χ0n) is 10.4. The predicted molar refractivity (Wildman–Crippen MR) is 61.3 cm³/mol. The van der Waals surface area contributed by atoms with Crippen molar-refractivity contribution in [2.75, 3.05) is 0 Å². The Kier molecular flexibility index (Phi) is 3.19. The molecule has 0 amide bonds. The van der Waals surface area contributed by atoms with Crippen molar-refractivity contribution in [3.63, 3.8) is 0 Å². The van der Waals surface area contributed by atoms with Gasteiger partial charge in [0.15, 0.2) is 0 Å². The van der Waals surface area contributed by atoms with Crippen LogP contribution in [0.15, 0.2) is 6.20 Å². The molecule has 0 aliphatic rings. The van der Waals surface area contributed by atoms with E-state index in [-0.39, 0.29) is 11.0 Å². The topological polar surface area (TPSA) is 56.7 Å². The maximum absolute atomic E-state index is 5.53. The summed E-state index contributed by atoms with van der Waals surface area (Å²) in [6.45, 7) is 11.5. The van der Waals surface area contributed by atoms with Gasteiger partial charge in [-0.05, 0) is 25.7 Å². The van der Waals surface area contributed by atoms with Gasteiger partial charge in [0.1, 0.15) is 0 Å². The highest BCUT2D eigenvalue weighted by molar-refractivity contribution is 4.97. The second kappa shape index (κ2) is 3.93. The number of hydrogen-bond donors (Lipinski definition) is 1. The van der Waals surface area contributed by atoms with Crippen LogP contribution in [-0.2, 0) is 12.1 Å². The SMILES string of the molecule is CCC(C)(C)C(C)(C)n1cc(CN)nn1. The largest absolute Gasteiger partial charge is 0.325 e. The molecule has 0 atom stereocenters. The molecule has 15 heavy (non-hydrogen) atoms. The van der Waals surface area contributed by atoms with Crippen LogP contribution in [-0.4, -0.2) is 15.0 Å². The lowest BCUT2D eigenvalue weighted by molar-refractivity contribution is 0.0969. The van der Waals surface area contributed by atoms with E-state index in [1.165, 1.54) is 0 Å². The first-order valence-corrected chi connectivity index (χ1v) is 5.47. The lowest BCUT2D eigenvalue weighted by atomic mass is 9.73. The molecule has 0 spiro atoms. The van der Waals surface area contributed by atoms with Crippen molar-refractivity contribution in [1.29, 1.82) is 0 Å². The molecule has 1 rings (SSSR count). The maximum atomic E-state index is 5.53. The van der Waals surface area contributed by atoms with Crippen LogP contribution in [0.5, 0.6) is 0 Å². The van der Waals surface area contributed by atoms with Crippen molar-refractivity contribution in [2.24, 2.45) is 11.1 Å². The fourth-order valence-electron chi connectivity index (χ4n) is 1.41. The number of hydrogen-bond acceptors (Lipinski definition) is 3. The third-order valence-electron chi connectivity index (χ3n) is 3.86. The average molecular weight is 210 g/mol. The van der Waals surface area contributed by atoms with E-state index in [1.807, 2.05) is 10.9 Å². The summed E-state index contributed by atoms with van der Waals surface area (Å²) in [5.41, 5.74) is 6.49. The Morgan fingerprint density at radius 1 is 1.33 bits per heavy atom. The lowest BCUT2D eigenvalue weighted by Crippen LogP contribution is -2.42. The van der Waals surface area contributed by atoms with Crippen LogP contribution in [0.3, 0.4) is 0 Å². The number of rotatable bonds is 4. The van der Waals surface area contributed by atoms with E-state index < -0.39 is 0 Å². The highest BCUT2D eigenvalue weighted by Crippen LogP contribution is 2.38. The van der Waals surface area contributed by atoms with Crippen LogP contribution < -0.4 is 5.73 Å². The van der Waals surface area contributed by atoms with Crippen LogP contribution in [0.4, 0.5) is 0 Å². The number of nitrogens with zero attached hydrogens (tertiary/aromatic N) is 3. The van der Waals surface area contributed by atoms with Crippen LogP contribution in [0.1, 0.15) is 46.7 Å². The van der Waals surface area contributed by atoms with Crippen LogP contribution >= 0.6 is 0 Å². The average Bonchev–Trinajstić information content (AvgIpc) is 2.66. The normalized spacial score (nSPS) is 13.2. The van der Waals surface area contributed by atoms with Gasteiger partial charge in [0.2, 0.25) is 0 Å². The highest BCUT2D eigenvalue weighted by atomic mass is 15.4. The molecule has 2 N–H and O–H groups in total. The number of aromatic nitrogens is 3. The molecule has 0 bridgehead atoms. The van der Waals surface area contributed by atoms with Crippen molar-refractivity contribution in [3.05, 3.63) is 11.9 Å². The van der Waals surface area contributed by atoms with Crippen molar-refractivity contribution in [3.8, 4) is 0 Å². The first-order chi connectivity index (χ1) is 6.85. The zero-order valence-corrected chi connectivity index (χ0v) is 10.4. The summed E-state index contributed by atoms with van der Waals surface area (Å²) < 4.78 is 1.93. The summed E-state index contributed by atoms with van der Waals surface area (Å²) in [4.78, 5) is 0. The molecule has 1 aromatic heterocycles. The van der Waals surface area contributed by atoms with Crippen LogP contribution in [0.2, 0.25) is 0 Å². The van der Waals surface area contributed by atoms with Gasteiger partial charge in [-0.1, -0.05) is 26.0 Å². The van der Waals surface area contributed by atoms with Gasteiger partial charge in [0.05, 0.1) is 17.4 Å². The Hall–Kier alpha value is -0.900. The Labute approximate surface area is 91.9 Å². The molecule has 4 nitrogen and oxygen atoms in total. The van der Waals surface area contributed by atoms with Gasteiger partial charge in [0, 0.05) is 6.54 Å². The number of nitrogens with two attached hydrogens (primary N) is 1. The van der Waals surface area contributed by atoms with Gasteiger partial charge < -0.3 is 5.73 Å². The quantitative estimate of drug-likeness (QED) is 0.826. The van der Waals surface area contributed by atoms with E-state index in [0.717, 1.165) is 12.1 Å². The Bertz CT molecular complexity index is 325. The summed E-state index contributed by atoms with van der Waals surface area (Å²) >= 11 is 0. The molecular formula is C11H22N4. The van der Waals surface area contributed by atoms with Gasteiger partial charge in [-0.2, -0.15) is 0 Å². The Morgan fingerprint density at radius 3 is 2.33 bits per heavy atom. The standard InChI is InChI=1S/C11H22N4/c1-6-10(2,3)11(4,5)15-8-9(7-12)13-14-15/h8H,6-7,12H2,1-5H3. The smallest absolute Gasteiger partial charge is 0.0962 e. The third-order valence-corrected chi connectivity index (χ3v) is 3.86. The van der Waals surface area contributed by atoms with E-state index in [0.29, 0.717) is 6.54 Å².